The molecule has 24 heavy (non-hydrogen) atoms. The number of carbonyl (C=O) groups excluding carboxylic acids is 1. The van der Waals surface area contributed by atoms with Crippen molar-refractivity contribution in [1.82, 2.24) is 4.90 Å². The second kappa shape index (κ2) is 6.48. The number of nitrogens with zero attached hydrogens (tertiary/aromatic N) is 1. The van der Waals surface area contributed by atoms with Gasteiger partial charge in [-0.3, -0.25) is 4.79 Å². The average Bonchev–Trinajstić information content (AvgIpc) is 3.01. The second-order valence-corrected chi connectivity index (χ2v) is 6.31. The van der Waals surface area contributed by atoms with Crippen LogP contribution in [0.3, 0.4) is 0 Å². The maximum Gasteiger partial charge on any atom is 0.329 e. The van der Waals surface area contributed by atoms with Crippen LogP contribution >= 0.6 is 0 Å². The first-order chi connectivity index (χ1) is 11.5. The first-order valence-electron chi connectivity index (χ1n) is 8.19. The zero-order chi connectivity index (χ0) is 17.2. The summed E-state index contributed by atoms with van der Waals surface area (Å²) >= 11 is 0. The fourth-order valence-corrected chi connectivity index (χ4v) is 3.71. The van der Waals surface area contributed by atoms with E-state index in [0.717, 1.165) is 23.1 Å². The SMILES string of the molecule is CC(=O)N1CCCC1(Cc1ccccc1-c1ccccc1)C(=O)O. The highest BCUT2D eigenvalue weighted by atomic mass is 16.4. The number of hydrogen-bond acceptors (Lipinski definition) is 2. The van der Waals surface area contributed by atoms with E-state index in [4.69, 9.17) is 0 Å². The van der Waals surface area contributed by atoms with Gasteiger partial charge in [0.15, 0.2) is 0 Å². The first-order valence-corrected chi connectivity index (χ1v) is 8.19. The van der Waals surface area contributed by atoms with Gasteiger partial charge in [0.1, 0.15) is 5.54 Å². The number of likely N-dealkylation sites (tertiary alicyclic amines) is 1. The van der Waals surface area contributed by atoms with Crippen LogP contribution in [0.15, 0.2) is 54.6 Å². The Morgan fingerprint density at radius 3 is 2.42 bits per heavy atom. The molecule has 4 nitrogen and oxygen atoms in total. The van der Waals surface area contributed by atoms with Gasteiger partial charge >= 0.3 is 5.97 Å². The summed E-state index contributed by atoms with van der Waals surface area (Å²) in [5, 5.41) is 9.91. The molecule has 1 unspecified atom stereocenters. The van der Waals surface area contributed by atoms with Gasteiger partial charge in [-0.25, -0.2) is 4.79 Å². The molecule has 0 aliphatic carbocycles. The van der Waals surface area contributed by atoms with Gasteiger partial charge in [-0.1, -0.05) is 54.6 Å². The molecule has 0 saturated carbocycles. The zero-order valence-corrected chi connectivity index (χ0v) is 13.7. The molecule has 0 aromatic heterocycles. The summed E-state index contributed by atoms with van der Waals surface area (Å²) < 4.78 is 0. The minimum absolute atomic E-state index is 0.174. The van der Waals surface area contributed by atoms with E-state index in [-0.39, 0.29) is 5.91 Å². The van der Waals surface area contributed by atoms with E-state index in [9.17, 15) is 14.7 Å². The van der Waals surface area contributed by atoms with E-state index in [1.54, 1.807) is 0 Å². The topological polar surface area (TPSA) is 57.6 Å². The van der Waals surface area contributed by atoms with Crippen LogP contribution < -0.4 is 0 Å². The number of amides is 1. The zero-order valence-electron chi connectivity index (χ0n) is 13.7. The number of hydrogen-bond donors (Lipinski definition) is 1. The van der Waals surface area contributed by atoms with E-state index >= 15 is 0 Å². The van der Waals surface area contributed by atoms with E-state index in [1.807, 2.05) is 54.6 Å². The Kier molecular flexibility index (Phi) is 4.38. The number of carbonyl (C=O) groups is 2. The summed E-state index contributed by atoms with van der Waals surface area (Å²) in [5.41, 5.74) is 1.89. The Labute approximate surface area is 141 Å². The van der Waals surface area contributed by atoms with E-state index in [0.29, 0.717) is 19.4 Å². The maximum absolute atomic E-state index is 12.1. The van der Waals surface area contributed by atoms with Crippen molar-refractivity contribution in [3.05, 3.63) is 60.2 Å². The highest BCUT2D eigenvalue weighted by Crippen LogP contribution is 2.36. The van der Waals surface area contributed by atoms with Gasteiger partial charge in [0.05, 0.1) is 0 Å². The molecule has 1 heterocycles. The molecular formula is C20H21NO3. The number of benzene rings is 2. The summed E-state index contributed by atoms with van der Waals surface area (Å²) in [6.45, 7) is 1.96. The predicted molar refractivity (Wildman–Crippen MR) is 92.6 cm³/mol. The fraction of sp³-hybridized carbons (Fsp3) is 0.300. The molecule has 1 saturated heterocycles. The van der Waals surface area contributed by atoms with Crippen LogP contribution in [-0.4, -0.2) is 34.0 Å². The molecule has 3 rings (SSSR count). The van der Waals surface area contributed by atoms with Crippen LogP contribution in [0.2, 0.25) is 0 Å². The van der Waals surface area contributed by atoms with E-state index in [2.05, 4.69) is 0 Å². The molecule has 0 bridgehead atoms. The van der Waals surface area contributed by atoms with Gasteiger partial charge in [0.25, 0.3) is 0 Å². The third-order valence-corrected chi connectivity index (χ3v) is 4.85. The number of carboxylic acids is 1. The van der Waals surface area contributed by atoms with Gasteiger partial charge in [-0.15, -0.1) is 0 Å². The highest BCUT2D eigenvalue weighted by molar-refractivity contribution is 5.87. The lowest BCUT2D eigenvalue weighted by molar-refractivity contribution is -0.155. The molecule has 0 radical (unpaired) electrons. The maximum atomic E-state index is 12.1. The minimum atomic E-state index is -1.14. The second-order valence-electron chi connectivity index (χ2n) is 6.31. The Morgan fingerprint density at radius 2 is 1.75 bits per heavy atom. The molecule has 124 valence electrons. The van der Waals surface area contributed by atoms with Gasteiger partial charge in [-0.2, -0.15) is 0 Å². The van der Waals surface area contributed by atoms with Crippen LogP contribution in [0, 0.1) is 0 Å². The van der Waals surface area contributed by atoms with Crippen molar-refractivity contribution in [2.75, 3.05) is 6.54 Å². The average molecular weight is 323 g/mol. The summed E-state index contributed by atoms with van der Waals surface area (Å²) in [6.07, 6.45) is 1.54. The Hall–Kier alpha value is -2.62. The molecular weight excluding hydrogens is 302 g/mol. The number of aliphatic carboxylic acids is 1. The summed E-state index contributed by atoms with van der Waals surface area (Å²) in [4.78, 5) is 25.6. The summed E-state index contributed by atoms with van der Waals surface area (Å²) in [5.74, 6) is -1.09. The monoisotopic (exact) mass is 323 g/mol. The predicted octanol–water partition coefficient (Wildman–Crippen LogP) is 3.36. The fourth-order valence-electron chi connectivity index (χ4n) is 3.71. The van der Waals surface area contributed by atoms with Crippen LogP contribution in [-0.2, 0) is 16.0 Å². The first kappa shape index (κ1) is 16.2. The Bertz CT molecular complexity index is 756. The smallest absolute Gasteiger partial charge is 0.329 e. The quantitative estimate of drug-likeness (QED) is 0.938. The van der Waals surface area contributed by atoms with Gasteiger partial charge in [0, 0.05) is 19.9 Å². The lowest BCUT2D eigenvalue weighted by Crippen LogP contribution is -2.54. The van der Waals surface area contributed by atoms with Crippen molar-refractivity contribution < 1.29 is 14.7 Å². The lowest BCUT2D eigenvalue weighted by Gasteiger charge is -2.34. The van der Waals surface area contributed by atoms with Crippen molar-refractivity contribution in [3.8, 4) is 11.1 Å². The van der Waals surface area contributed by atoms with Crippen LogP contribution in [0.1, 0.15) is 25.3 Å². The largest absolute Gasteiger partial charge is 0.479 e. The molecule has 2 aromatic carbocycles. The third kappa shape index (κ3) is 2.80. The highest BCUT2D eigenvalue weighted by Gasteiger charge is 2.49. The third-order valence-electron chi connectivity index (χ3n) is 4.85. The molecule has 2 aromatic rings. The van der Waals surface area contributed by atoms with Crippen molar-refractivity contribution in [2.24, 2.45) is 0 Å². The van der Waals surface area contributed by atoms with Gasteiger partial charge in [0.2, 0.25) is 5.91 Å². The van der Waals surface area contributed by atoms with Crippen molar-refractivity contribution >= 4 is 11.9 Å². The molecule has 1 fully saturated rings. The van der Waals surface area contributed by atoms with Crippen molar-refractivity contribution in [1.29, 1.82) is 0 Å². The van der Waals surface area contributed by atoms with Gasteiger partial charge < -0.3 is 10.0 Å². The minimum Gasteiger partial charge on any atom is -0.479 e. The molecule has 1 aliphatic heterocycles. The number of carboxylic acid groups (broad SMARTS) is 1. The summed E-state index contributed by atoms with van der Waals surface area (Å²) in [7, 11) is 0. The molecule has 4 heteroatoms. The summed E-state index contributed by atoms with van der Waals surface area (Å²) in [6, 6.07) is 17.8. The number of rotatable bonds is 4. The van der Waals surface area contributed by atoms with E-state index < -0.39 is 11.5 Å². The molecule has 1 N–H and O–H groups in total. The van der Waals surface area contributed by atoms with Crippen LogP contribution in [0.5, 0.6) is 0 Å². The lowest BCUT2D eigenvalue weighted by atomic mass is 9.85. The standard InChI is InChI=1S/C20H21NO3/c1-15(22)21-13-7-12-20(21,19(23)24)14-17-10-5-6-11-18(17)16-8-3-2-4-9-16/h2-6,8-11H,7,12-14H2,1H3,(H,23,24). The molecule has 0 spiro atoms. The molecule has 1 atom stereocenters. The Balaban J connectivity index is 2.04. The van der Waals surface area contributed by atoms with Crippen molar-refractivity contribution in [2.45, 2.75) is 31.7 Å². The van der Waals surface area contributed by atoms with Crippen LogP contribution in [0.25, 0.3) is 11.1 Å². The van der Waals surface area contributed by atoms with Crippen LogP contribution in [0.4, 0.5) is 0 Å². The molecule has 1 amide bonds. The van der Waals surface area contributed by atoms with Gasteiger partial charge in [-0.05, 0) is 29.5 Å². The Morgan fingerprint density at radius 1 is 1.08 bits per heavy atom. The normalized spacial score (nSPS) is 20.1. The van der Waals surface area contributed by atoms with Crippen molar-refractivity contribution in [3.63, 3.8) is 0 Å². The van der Waals surface area contributed by atoms with E-state index in [1.165, 1.54) is 11.8 Å². The molecule has 1 aliphatic rings.